The highest BCUT2D eigenvalue weighted by molar-refractivity contribution is 6.00. The summed E-state index contributed by atoms with van der Waals surface area (Å²) in [4.78, 5) is 18.8. The number of aromatic nitrogens is 2. The summed E-state index contributed by atoms with van der Waals surface area (Å²) in [7, 11) is 0. The highest BCUT2D eigenvalue weighted by atomic mass is 16.2. The first kappa shape index (κ1) is 12.1. The van der Waals surface area contributed by atoms with Crippen LogP contribution >= 0.6 is 0 Å². The summed E-state index contributed by atoms with van der Waals surface area (Å²) in [6, 6.07) is 11.3. The molecule has 1 amide bonds. The van der Waals surface area contributed by atoms with Crippen LogP contribution in [0.25, 0.3) is 10.9 Å². The second-order valence-corrected chi connectivity index (χ2v) is 4.23. The number of para-hydroxylation sites is 1. The van der Waals surface area contributed by atoms with Crippen molar-refractivity contribution in [3.63, 3.8) is 0 Å². The minimum Gasteiger partial charge on any atom is -0.361 e. The van der Waals surface area contributed by atoms with E-state index in [0.717, 1.165) is 16.5 Å². The van der Waals surface area contributed by atoms with Crippen molar-refractivity contribution >= 4 is 23.0 Å². The van der Waals surface area contributed by atoms with Gasteiger partial charge in [0, 0.05) is 35.1 Å². The Morgan fingerprint density at radius 3 is 3.00 bits per heavy atom. The van der Waals surface area contributed by atoms with Crippen LogP contribution in [0.4, 0.5) is 0 Å². The number of nitrogens with zero attached hydrogens (tertiary/aromatic N) is 2. The number of aromatic amines is 1. The lowest BCUT2D eigenvalue weighted by atomic mass is 10.2. The predicted molar refractivity (Wildman–Crippen MR) is 77.6 cm³/mol. The molecule has 0 radical (unpaired) electrons. The minimum absolute atomic E-state index is 0.283. The van der Waals surface area contributed by atoms with Crippen molar-refractivity contribution in [1.29, 1.82) is 0 Å². The summed E-state index contributed by atoms with van der Waals surface area (Å²) < 4.78 is 0. The van der Waals surface area contributed by atoms with E-state index in [2.05, 4.69) is 20.5 Å². The molecule has 0 bridgehead atoms. The number of fused-ring (bicyclic) bond motifs is 1. The molecule has 2 heterocycles. The maximum Gasteiger partial charge on any atom is 0.272 e. The van der Waals surface area contributed by atoms with Gasteiger partial charge in [-0.05, 0) is 18.2 Å². The van der Waals surface area contributed by atoms with Gasteiger partial charge >= 0.3 is 0 Å². The first-order valence-electron chi connectivity index (χ1n) is 6.14. The van der Waals surface area contributed by atoms with Crippen LogP contribution in [-0.4, -0.2) is 22.1 Å². The van der Waals surface area contributed by atoms with Gasteiger partial charge in [-0.25, -0.2) is 5.43 Å². The second kappa shape index (κ2) is 5.36. The van der Waals surface area contributed by atoms with Crippen LogP contribution in [-0.2, 0) is 0 Å². The summed E-state index contributed by atoms with van der Waals surface area (Å²) in [5.74, 6) is -0.283. The molecule has 1 aromatic carbocycles. The van der Waals surface area contributed by atoms with Gasteiger partial charge in [0.25, 0.3) is 5.91 Å². The summed E-state index contributed by atoms with van der Waals surface area (Å²) >= 11 is 0. The molecule has 0 fully saturated rings. The normalized spacial score (nSPS) is 11.0. The van der Waals surface area contributed by atoms with Crippen LogP contribution < -0.4 is 5.43 Å². The number of amides is 1. The molecule has 3 aromatic rings. The van der Waals surface area contributed by atoms with E-state index in [4.69, 9.17) is 0 Å². The summed E-state index contributed by atoms with van der Waals surface area (Å²) in [5, 5.41) is 5.03. The molecule has 0 saturated carbocycles. The van der Waals surface area contributed by atoms with Crippen LogP contribution in [0.3, 0.4) is 0 Å². The van der Waals surface area contributed by atoms with Gasteiger partial charge in [0.05, 0.1) is 11.8 Å². The van der Waals surface area contributed by atoms with Crippen LogP contribution in [0.5, 0.6) is 0 Å². The van der Waals surface area contributed by atoms with Gasteiger partial charge in [-0.2, -0.15) is 5.10 Å². The molecule has 0 unspecified atom stereocenters. The standard InChI is InChI=1S/C15H12N4O/c20-15(11-4-3-7-16-8-11)19-18-10-12-9-17-14-6-2-1-5-13(12)14/h1-10,17H,(H,19,20). The Hall–Kier alpha value is -2.95. The van der Waals surface area contributed by atoms with Crippen molar-refractivity contribution in [3.8, 4) is 0 Å². The Kier molecular flexibility index (Phi) is 3.24. The Balaban J connectivity index is 1.74. The number of hydrogen-bond acceptors (Lipinski definition) is 3. The van der Waals surface area contributed by atoms with Crippen molar-refractivity contribution < 1.29 is 4.79 Å². The van der Waals surface area contributed by atoms with Gasteiger partial charge in [0.1, 0.15) is 0 Å². The number of carbonyl (C=O) groups excluding carboxylic acids is 1. The van der Waals surface area contributed by atoms with Crippen molar-refractivity contribution in [1.82, 2.24) is 15.4 Å². The van der Waals surface area contributed by atoms with Gasteiger partial charge in [0.2, 0.25) is 0 Å². The Bertz CT molecular complexity index is 762. The van der Waals surface area contributed by atoms with Crippen LogP contribution in [0, 0.1) is 0 Å². The maximum absolute atomic E-state index is 11.8. The number of nitrogens with one attached hydrogen (secondary N) is 2. The SMILES string of the molecule is O=C(NN=Cc1c[nH]c2ccccc12)c1cccnc1. The van der Waals surface area contributed by atoms with E-state index >= 15 is 0 Å². The first-order valence-corrected chi connectivity index (χ1v) is 6.14. The number of hydrogen-bond donors (Lipinski definition) is 2. The number of pyridine rings is 1. The molecule has 5 heteroatoms. The van der Waals surface area contributed by atoms with E-state index < -0.39 is 0 Å². The van der Waals surface area contributed by atoms with E-state index in [1.54, 1.807) is 24.5 Å². The molecule has 0 atom stereocenters. The number of rotatable bonds is 3. The number of carbonyl (C=O) groups is 1. The van der Waals surface area contributed by atoms with Crippen LogP contribution in [0.1, 0.15) is 15.9 Å². The highest BCUT2D eigenvalue weighted by Crippen LogP contribution is 2.15. The average molecular weight is 264 g/mol. The smallest absolute Gasteiger partial charge is 0.272 e. The maximum atomic E-state index is 11.8. The molecule has 2 N–H and O–H groups in total. The molecule has 0 aliphatic carbocycles. The lowest BCUT2D eigenvalue weighted by molar-refractivity contribution is 0.0955. The highest BCUT2D eigenvalue weighted by Gasteiger charge is 2.03. The van der Waals surface area contributed by atoms with Crippen molar-refractivity contribution in [3.05, 3.63) is 66.1 Å². The summed E-state index contributed by atoms with van der Waals surface area (Å²) in [5.41, 5.74) is 4.91. The van der Waals surface area contributed by atoms with Gasteiger partial charge in [-0.15, -0.1) is 0 Å². The van der Waals surface area contributed by atoms with E-state index in [1.807, 2.05) is 30.5 Å². The van der Waals surface area contributed by atoms with Gasteiger partial charge in [0.15, 0.2) is 0 Å². The summed E-state index contributed by atoms with van der Waals surface area (Å²) in [6.07, 6.45) is 6.58. The van der Waals surface area contributed by atoms with E-state index in [0.29, 0.717) is 5.56 Å². The fourth-order valence-corrected chi connectivity index (χ4v) is 1.92. The molecular weight excluding hydrogens is 252 g/mol. The Morgan fingerprint density at radius 1 is 1.25 bits per heavy atom. The van der Waals surface area contributed by atoms with Crippen molar-refractivity contribution in [2.75, 3.05) is 0 Å². The molecule has 3 rings (SSSR count). The number of benzene rings is 1. The molecular formula is C15H12N4O. The molecule has 20 heavy (non-hydrogen) atoms. The first-order chi connectivity index (χ1) is 9.84. The lowest BCUT2D eigenvalue weighted by Crippen LogP contribution is -2.17. The zero-order valence-corrected chi connectivity index (χ0v) is 10.6. The van der Waals surface area contributed by atoms with Gasteiger partial charge in [-0.3, -0.25) is 9.78 Å². The number of hydrazone groups is 1. The van der Waals surface area contributed by atoms with E-state index in [9.17, 15) is 4.79 Å². The molecule has 5 nitrogen and oxygen atoms in total. The van der Waals surface area contributed by atoms with E-state index in [1.165, 1.54) is 6.20 Å². The zero-order chi connectivity index (χ0) is 13.8. The van der Waals surface area contributed by atoms with Crippen molar-refractivity contribution in [2.24, 2.45) is 5.10 Å². The second-order valence-electron chi connectivity index (χ2n) is 4.23. The minimum atomic E-state index is -0.283. The third-order valence-corrected chi connectivity index (χ3v) is 2.91. The molecule has 98 valence electrons. The Morgan fingerprint density at radius 2 is 2.15 bits per heavy atom. The predicted octanol–water partition coefficient (Wildman–Crippen LogP) is 2.33. The third-order valence-electron chi connectivity index (χ3n) is 2.91. The van der Waals surface area contributed by atoms with Gasteiger partial charge < -0.3 is 4.98 Å². The molecule has 0 aliphatic rings. The molecule has 0 spiro atoms. The fraction of sp³-hybridized carbons (Fsp3) is 0. The zero-order valence-electron chi connectivity index (χ0n) is 10.6. The third kappa shape index (κ3) is 2.42. The van der Waals surface area contributed by atoms with E-state index in [-0.39, 0.29) is 5.91 Å². The quantitative estimate of drug-likeness (QED) is 0.563. The fourth-order valence-electron chi connectivity index (χ4n) is 1.92. The summed E-state index contributed by atoms with van der Waals surface area (Å²) in [6.45, 7) is 0. The average Bonchev–Trinajstić information content (AvgIpc) is 2.92. The van der Waals surface area contributed by atoms with Crippen LogP contribution in [0.15, 0.2) is 60.1 Å². The van der Waals surface area contributed by atoms with Crippen molar-refractivity contribution in [2.45, 2.75) is 0 Å². The largest absolute Gasteiger partial charge is 0.361 e. The lowest BCUT2D eigenvalue weighted by Gasteiger charge is -1.97. The molecule has 0 saturated heterocycles. The number of H-pyrrole nitrogens is 1. The monoisotopic (exact) mass is 264 g/mol. The van der Waals surface area contributed by atoms with Gasteiger partial charge in [-0.1, -0.05) is 18.2 Å². The van der Waals surface area contributed by atoms with Crippen LogP contribution in [0.2, 0.25) is 0 Å². The molecule has 2 aromatic heterocycles. The topological polar surface area (TPSA) is 70.1 Å². The molecule has 0 aliphatic heterocycles. The Labute approximate surface area is 115 Å².